The van der Waals surface area contributed by atoms with Gasteiger partial charge in [-0.2, -0.15) is 0 Å². The highest BCUT2D eigenvalue weighted by atomic mass is 15.3. The van der Waals surface area contributed by atoms with Crippen LogP contribution >= 0.6 is 0 Å². The number of aliphatic imine (C=N–C) groups is 1. The molecule has 4 heteroatoms. The van der Waals surface area contributed by atoms with E-state index in [1.165, 1.54) is 11.1 Å². The first-order valence-electron chi connectivity index (χ1n) is 8.12. The van der Waals surface area contributed by atoms with E-state index in [9.17, 15) is 0 Å². The van der Waals surface area contributed by atoms with Gasteiger partial charge in [0.15, 0.2) is 5.96 Å². The van der Waals surface area contributed by atoms with Crippen molar-refractivity contribution >= 4 is 5.96 Å². The number of nitrogens with one attached hydrogen (secondary N) is 2. The zero-order valence-electron chi connectivity index (χ0n) is 15.0. The van der Waals surface area contributed by atoms with Gasteiger partial charge in [0.05, 0.1) is 6.54 Å². The van der Waals surface area contributed by atoms with Gasteiger partial charge in [0.25, 0.3) is 0 Å². The SMILES string of the molecule is CCNC(=NCCNC(C)(C)C)N(C)Cc1ccccc1C. The van der Waals surface area contributed by atoms with Crippen LogP contribution in [0.1, 0.15) is 38.8 Å². The summed E-state index contributed by atoms with van der Waals surface area (Å²) in [5.41, 5.74) is 2.80. The van der Waals surface area contributed by atoms with Crippen LogP contribution in [0.5, 0.6) is 0 Å². The van der Waals surface area contributed by atoms with E-state index in [0.717, 1.165) is 32.1 Å². The largest absolute Gasteiger partial charge is 0.357 e. The van der Waals surface area contributed by atoms with Crippen LogP contribution in [-0.2, 0) is 6.54 Å². The Balaban J connectivity index is 2.63. The molecule has 124 valence electrons. The van der Waals surface area contributed by atoms with Gasteiger partial charge in [0.1, 0.15) is 0 Å². The molecule has 0 unspecified atom stereocenters. The van der Waals surface area contributed by atoms with Gasteiger partial charge >= 0.3 is 0 Å². The summed E-state index contributed by atoms with van der Waals surface area (Å²) in [6, 6.07) is 8.50. The lowest BCUT2D eigenvalue weighted by Gasteiger charge is -2.24. The lowest BCUT2D eigenvalue weighted by Crippen LogP contribution is -2.40. The van der Waals surface area contributed by atoms with E-state index in [0.29, 0.717) is 0 Å². The normalized spacial score (nSPS) is 12.4. The predicted molar refractivity (Wildman–Crippen MR) is 96.4 cm³/mol. The van der Waals surface area contributed by atoms with Crippen molar-refractivity contribution in [3.63, 3.8) is 0 Å². The van der Waals surface area contributed by atoms with Crippen molar-refractivity contribution in [2.75, 3.05) is 26.7 Å². The minimum atomic E-state index is 0.140. The van der Waals surface area contributed by atoms with Crippen molar-refractivity contribution < 1.29 is 0 Å². The molecule has 0 fully saturated rings. The second-order valence-corrected chi connectivity index (χ2v) is 6.69. The molecule has 0 saturated carbocycles. The zero-order chi connectivity index (χ0) is 16.6. The fourth-order valence-corrected chi connectivity index (χ4v) is 2.18. The van der Waals surface area contributed by atoms with E-state index in [4.69, 9.17) is 4.99 Å². The highest BCUT2D eigenvalue weighted by Gasteiger charge is 2.09. The number of rotatable bonds is 6. The summed E-state index contributed by atoms with van der Waals surface area (Å²) < 4.78 is 0. The maximum Gasteiger partial charge on any atom is 0.194 e. The van der Waals surface area contributed by atoms with E-state index >= 15 is 0 Å². The van der Waals surface area contributed by atoms with Crippen LogP contribution in [0, 0.1) is 6.92 Å². The quantitative estimate of drug-likeness (QED) is 0.482. The molecular weight excluding hydrogens is 272 g/mol. The Bertz CT molecular complexity index is 474. The Kier molecular flexibility index (Phi) is 7.39. The highest BCUT2D eigenvalue weighted by Crippen LogP contribution is 2.09. The standard InChI is InChI=1S/C18H32N4/c1-7-19-17(20-12-13-21-18(3,4)5)22(6)14-16-11-9-8-10-15(16)2/h8-11,21H,7,12-14H2,1-6H3,(H,19,20). The van der Waals surface area contributed by atoms with Gasteiger partial charge in [-0.15, -0.1) is 0 Å². The number of aryl methyl sites for hydroxylation is 1. The summed E-state index contributed by atoms with van der Waals surface area (Å²) in [6.07, 6.45) is 0. The van der Waals surface area contributed by atoms with E-state index in [2.05, 4.69) is 81.5 Å². The van der Waals surface area contributed by atoms with Gasteiger partial charge in [-0.25, -0.2) is 0 Å². The molecule has 0 aliphatic rings. The molecule has 1 rings (SSSR count). The second-order valence-electron chi connectivity index (χ2n) is 6.69. The van der Waals surface area contributed by atoms with Crippen molar-refractivity contribution in [3.05, 3.63) is 35.4 Å². The molecule has 0 heterocycles. The Hall–Kier alpha value is -1.55. The average molecular weight is 304 g/mol. The number of guanidine groups is 1. The summed E-state index contributed by atoms with van der Waals surface area (Å²) in [5, 5.41) is 6.83. The Morgan fingerprint density at radius 1 is 1.23 bits per heavy atom. The molecule has 2 N–H and O–H groups in total. The predicted octanol–water partition coefficient (Wildman–Crippen LogP) is 2.78. The fourth-order valence-electron chi connectivity index (χ4n) is 2.18. The van der Waals surface area contributed by atoms with Crippen LogP contribution in [-0.4, -0.2) is 43.1 Å². The summed E-state index contributed by atoms with van der Waals surface area (Å²) in [4.78, 5) is 6.89. The van der Waals surface area contributed by atoms with Crippen LogP contribution < -0.4 is 10.6 Å². The first-order chi connectivity index (χ1) is 10.3. The van der Waals surface area contributed by atoms with Crippen molar-refractivity contribution in [1.29, 1.82) is 0 Å². The van der Waals surface area contributed by atoms with Crippen LogP contribution in [0.3, 0.4) is 0 Å². The average Bonchev–Trinajstić information content (AvgIpc) is 2.43. The van der Waals surface area contributed by atoms with Gasteiger partial charge in [-0.3, -0.25) is 4.99 Å². The number of benzene rings is 1. The molecule has 0 atom stereocenters. The van der Waals surface area contributed by atoms with E-state index in [1.807, 2.05) is 0 Å². The summed E-state index contributed by atoms with van der Waals surface area (Å²) >= 11 is 0. The Labute approximate surface area is 136 Å². The lowest BCUT2D eigenvalue weighted by molar-refractivity contribution is 0.430. The minimum Gasteiger partial charge on any atom is -0.357 e. The summed E-state index contributed by atoms with van der Waals surface area (Å²) in [7, 11) is 2.09. The first kappa shape index (κ1) is 18.5. The lowest BCUT2D eigenvalue weighted by atomic mass is 10.1. The molecule has 0 bridgehead atoms. The first-order valence-corrected chi connectivity index (χ1v) is 8.12. The molecule has 1 aromatic rings. The van der Waals surface area contributed by atoms with E-state index in [-0.39, 0.29) is 5.54 Å². The number of hydrogen-bond donors (Lipinski definition) is 2. The second kappa shape index (κ2) is 8.79. The summed E-state index contributed by atoms with van der Waals surface area (Å²) in [6.45, 7) is 14.2. The van der Waals surface area contributed by atoms with Crippen molar-refractivity contribution in [2.45, 2.75) is 46.7 Å². The molecule has 0 amide bonds. The highest BCUT2D eigenvalue weighted by molar-refractivity contribution is 5.79. The van der Waals surface area contributed by atoms with E-state index < -0.39 is 0 Å². The van der Waals surface area contributed by atoms with Gasteiger partial charge in [0.2, 0.25) is 0 Å². The third-order valence-corrected chi connectivity index (χ3v) is 3.39. The molecule has 0 aliphatic heterocycles. The smallest absolute Gasteiger partial charge is 0.194 e. The molecule has 1 aromatic carbocycles. The third kappa shape index (κ3) is 6.94. The van der Waals surface area contributed by atoms with Crippen molar-refractivity contribution in [2.24, 2.45) is 4.99 Å². The van der Waals surface area contributed by atoms with Crippen LogP contribution in [0.2, 0.25) is 0 Å². The molecule has 22 heavy (non-hydrogen) atoms. The molecule has 0 saturated heterocycles. The molecule has 0 aliphatic carbocycles. The monoisotopic (exact) mass is 304 g/mol. The van der Waals surface area contributed by atoms with Gasteiger partial charge in [-0.05, 0) is 45.7 Å². The van der Waals surface area contributed by atoms with Crippen LogP contribution in [0.15, 0.2) is 29.3 Å². The van der Waals surface area contributed by atoms with E-state index in [1.54, 1.807) is 0 Å². The number of hydrogen-bond acceptors (Lipinski definition) is 2. The molecule has 0 spiro atoms. The summed E-state index contributed by atoms with van der Waals surface area (Å²) in [5.74, 6) is 0.960. The molecular formula is C18H32N4. The molecule has 0 aromatic heterocycles. The minimum absolute atomic E-state index is 0.140. The van der Waals surface area contributed by atoms with Gasteiger partial charge < -0.3 is 15.5 Å². The fraction of sp³-hybridized carbons (Fsp3) is 0.611. The number of nitrogens with zero attached hydrogens (tertiary/aromatic N) is 2. The van der Waals surface area contributed by atoms with Crippen molar-refractivity contribution in [3.8, 4) is 0 Å². The molecule has 0 radical (unpaired) electrons. The maximum absolute atomic E-state index is 4.71. The van der Waals surface area contributed by atoms with Crippen LogP contribution in [0.4, 0.5) is 0 Å². The zero-order valence-corrected chi connectivity index (χ0v) is 15.0. The third-order valence-electron chi connectivity index (χ3n) is 3.39. The molecule has 4 nitrogen and oxygen atoms in total. The van der Waals surface area contributed by atoms with Gasteiger partial charge in [0, 0.05) is 32.2 Å². The van der Waals surface area contributed by atoms with Gasteiger partial charge in [-0.1, -0.05) is 24.3 Å². The van der Waals surface area contributed by atoms with Crippen LogP contribution in [0.25, 0.3) is 0 Å². The topological polar surface area (TPSA) is 39.7 Å². The Morgan fingerprint density at radius 2 is 1.91 bits per heavy atom. The maximum atomic E-state index is 4.71. The van der Waals surface area contributed by atoms with Crippen molar-refractivity contribution in [1.82, 2.24) is 15.5 Å². The Morgan fingerprint density at radius 3 is 2.50 bits per heavy atom.